The minimum atomic E-state index is -4.59. The lowest BCUT2D eigenvalue weighted by atomic mass is 10.2. The lowest BCUT2D eigenvalue weighted by Gasteiger charge is -2.16. The van der Waals surface area contributed by atoms with Gasteiger partial charge in [-0.3, -0.25) is 9.52 Å². The Morgan fingerprint density at radius 1 is 1.15 bits per heavy atom. The third-order valence-electron chi connectivity index (χ3n) is 4.25. The van der Waals surface area contributed by atoms with E-state index < -0.39 is 44.5 Å². The van der Waals surface area contributed by atoms with Crippen LogP contribution in [0.5, 0.6) is 0 Å². The molecule has 1 unspecified atom stereocenters. The number of rotatable bonds is 7. The summed E-state index contributed by atoms with van der Waals surface area (Å²) in [6.07, 6.45) is -1.29. The summed E-state index contributed by atoms with van der Waals surface area (Å²) in [7, 11) is -4.59. The first-order chi connectivity index (χ1) is 15.6. The van der Waals surface area contributed by atoms with Gasteiger partial charge in [0.2, 0.25) is 0 Å². The van der Waals surface area contributed by atoms with Crippen LogP contribution in [0.25, 0.3) is 0 Å². The number of hydrogen-bond donors (Lipinski definition) is 2. The normalized spacial score (nSPS) is 11.8. The zero-order valence-corrected chi connectivity index (χ0v) is 18.5. The first-order valence-corrected chi connectivity index (χ1v) is 11.5. The van der Waals surface area contributed by atoms with Crippen LogP contribution >= 0.6 is 11.3 Å². The Morgan fingerprint density at radius 2 is 1.88 bits per heavy atom. The minimum Gasteiger partial charge on any atom is -0.449 e. The Morgan fingerprint density at radius 3 is 2.61 bits per heavy atom. The highest BCUT2D eigenvalue weighted by Gasteiger charge is 2.25. The van der Waals surface area contributed by atoms with Crippen molar-refractivity contribution in [2.75, 3.05) is 10.0 Å². The average Bonchev–Trinajstić information content (AvgIpc) is 3.22. The van der Waals surface area contributed by atoms with E-state index in [2.05, 4.69) is 5.32 Å². The quantitative estimate of drug-likeness (QED) is 0.483. The number of sulfonamides is 1. The summed E-state index contributed by atoms with van der Waals surface area (Å²) in [5, 5.41) is 13.4. The number of nitrogens with zero attached hydrogens (tertiary/aromatic N) is 1. The number of para-hydroxylation sites is 1. The van der Waals surface area contributed by atoms with Gasteiger partial charge in [-0.15, -0.1) is 11.3 Å². The molecule has 0 aliphatic carbocycles. The van der Waals surface area contributed by atoms with E-state index in [0.29, 0.717) is 12.1 Å². The van der Waals surface area contributed by atoms with E-state index in [1.165, 1.54) is 37.3 Å². The summed E-state index contributed by atoms with van der Waals surface area (Å²) < 4.78 is 59.7. The summed E-state index contributed by atoms with van der Waals surface area (Å²) in [6, 6.07) is 10.6. The van der Waals surface area contributed by atoms with Crippen molar-refractivity contribution in [3.8, 4) is 6.07 Å². The zero-order chi connectivity index (χ0) is 24.2. The molecule has 3 rings (SSSR count). The molecule has 8 nitrogen and oxygen atoms in total. The number of carbonyl (C=O) groups excluding carboxylic acids is 2. The van der Waals surface area contributed by atoms with E-state index in [9.17, 15) is 26.8 Å². The molecule has 33 heavy (non-hydrogen) atoms. The number of thiophene rings is 1. The third-order valence-corrected chi connectivity index (χ3v) is 6.46. The molecule has 1 amide bonds. The number of nitrogens with one attached hydrogen (secondary N) is 2. The van der Waals surface area contributed by atoms with Gasteiger partial charge in [0.25, 0.3) is 15.9 Å². The molecule has 0 aliphatic rings. The molecule has 12 heteroatoms. The number of halogens is 2. The molecule has 2 N–H and O–H groups in total. The van der Waals surface area contributed by atoms with E-state index >= 15 is 0 Å². The Balaban J connectivity index is 1.78. The fourth-order valence-electron chi connectivity index (χ4n) is 2.62. The fraction of sp³-hybridized carbons (Fsp3) is 0.0952. The number of ether oxygens (including phenoxy) is 1. The van der Waals surface area contributed by atoms with Crippen LogP contribution in [0.2, 0.25) is 0 Å². The molecule has 1 atom stereocenters. The first-order valence-electron chi connectivity index (χ1n) is 9.18. The van der Waals surface area contributed by atoms with E-state index in [4.69, 9.17) is 10.00 Å². The highest BCUT2D eigenvalue weighted by molar-refractivity contribution is 7.92. The Bertz CT molecular complexity index is 1370. The molecular formula is C21H15F2N3O5S2. The molecule has 0 saturated heterocycles. The van der Waals surface area contributed by atoms with Crippen molar-refractivity contribution in [3.05, 3.63) is 76.7 Å². The molecule has 170 valence electrons. The Kier molecular flexibility index (Phi) is 7.05. The van der Waals surface area contributed by atoms with Crippen LogP contribution < -0.4 is 10.0 Å². The first kappa shape index (κ1) is 23.8. The van der Waals surface area contributed by atoms with Gasteiger partial charge in [0, 0.05) is 0 Å². The molecule has 0 fully saturated rings. The third kappa shape index (κ3) is 5.51. The second-order valence-electron chi connectivity index (χ2n) is 6.54. The van der Waals surface area contributed by atoms with Crippen molar-refractivity contribution in [3.63, 3.8) is 0 Å². The zero-order valence-electron chi connectivity index (χ0n) is 16.8. The molecular weight excluding hydrogens is 476 g/mol. The van der Waals surface area contributed by atoms with Crippen LogP contribution in [-0.4, -0.2) is 26.4 Å². The lowest BCUT2D eigenvalue weighted by molar-refractivity contribution is -0.123. The monoisotopic (exact) mass is 491 g/mol. The number of nitriles is 1. The lowest BCUT2D eigenvalue weighted by Crippen LogP contribution is -2.30. The van der Waals surface area contributed by atoms with Crippen LogP contribution in [0.4, 0.5) is 19.5 Å². The van der Waals surface area contributed by atoms with Crippen LogP contribution in [0.3, 0.4) is 0 Å². The maximum atomic E-state index is 14.0. The van der Waals surface area contributed by atoms with Gasteiger partial charge in [0.1, 0.15) is 27.6 Å². The van der Waals surface area contributed by atoms with Crippen LogP contribution in [0.15, 0.2) is 58.8 Å². The van der Waals surface area contributed by atoms with Crippen LogP contribution in [-0.2, 0) is 19.6 Å². The van der Waals surface area contributed by atoms with Gasteiger partial charge in [0.15, 0.2) is 6.10 Å². The van der Waals surface area contributed by atoms with Gasteiger partial charge < -0.3 is 10.1 Å². The topological polar surface area (TPSA) is 125 Å². The Labute approximate surface area is 191 Å². The summed E-state index contributed by atoms with van der Waals surface area (Å²) in [6.45, 7) is 1.29. The van der Waals surface area contributed by atoms with Gasteiger partial charge in [-0.1, -0.05) is 12.1 Å². The number of anilines is 2. The second-order valence-corrected chi connectivity index (χ2v) is 9.10. The van der Waals surface area contributed by atoms with E-state index in [0.717, 1.165) is 17.4 Å². The largest absolute Gasteiger partial charge is 0.449 e. The second kappa shape index (κ2) is 9.76. The van der Waals surface area contributed by atoms with Gasteiger partial charge in [-0.2, -0.15) is 5.26 Å². The number of hydrogen-bond acceptors (Lipinski definition) is 7. The standard InChI is InChI=1S/C21H15F2N3O5S2/c1-12(19(27)25-20-13(11-24)8-9-32-20)31-21(28)15-4-2-3-5-17(15)26-33(29,30)18-10-14(22)6-7-16(18)23/h2-10,12,26H,1H3,(H,25,27). The molecule has 3 aromatic rings. The van der Waals surface area contributed by atoms with Crippen molar-refractivity contribution in [1.82, 2.24) is 0 Å². The molecule has 0 spiro atoms. The van der Waals surface area contributed by atoms with Crippen LogP contribution in [0.1, 0.15) is 22.8 Å². The molecule has 0 aliphatic heterocycles. The molecule has 0 radical (unpaired) electrons. The van der Waals surface area contributed by atoms with Crippen molar-refractivity contribution in [2.45, 2.75) is 17.9 Å². The average molecular weight is 491 g/mol. The van der Waals surface area contributed by atoms with E-state index in [1.54, 1.807) is 5.38 Å². The summed E-state index contributed by atoms with van der Waals surface area (Å²) in [5.41, 5.74) is -0.272. The minimum absolute atomic E-state index is 0.246. The van der Waals surface area contributed by atoms with Crippen LogP contribution in [0, 0.1) is 23.0 Å². The SMILES string of the molecule is CC(OC(=O)c1ccccc1NS(=O)(=O)c1cc(F)ccc1F)C(=O)Nc1sccc1C#N. The number of amides is 1. The number of carbonyl (C=O) groups is 2. The molecule has 2 aromatic carbocycles. The fourth-order valence-corrected chi connectivity index (χ4v) is 4.53. The van der Waals surface area contributed by atoms with Gasteiger partial charge in [-0.25, -0.2) is 22.0 Å². The number of esters is 1. The van der Waals surface area contributed by atoms with E-state index in [-0.39, 0.29) is 21.8 Å². The smallest absolute Gasteiger partial charge is 0.341 e. The summed E-state index contributed by atoms with van der Waals surface area (Å²) in [4.78, 5) is 24.0. The van der Waals surface area contributed by atoms with Crippen molar-refractivity contribution in [2.24, 2.45) is 0 Å². The highest BCUT2D eigenvalue weighted by atomic mass is 32.2. The van der Waals surface area contributed by atoms with Crippen molar-refractivity contribution < 1.29 is 31.5 Å². The molecule has 0 saturated carbocycles. The van der Waals surface area contributed by atoms with Crippen molar-refractivity contribution in [1.29, 1.82) is 5.26 Å². The van der Waals surface area contributed by atoms with Gasteiger partial charge >= 0.3 is 5.97 Å². The molecule has 1 aromatic heterocycles. The van der Waals surface area contributed by atoms with E-state index in [1.807, 2.05) is 10.8 Å². The van der Waals surface area contributed by atoms with Gasteiger partial charge in [0.05, 0.1) is 16.8 Å². The van der Waals surface area contributed by atoms with Gasteiger partial charge in [-0.05, 0) is 48.7 Å². The molecule has 0 bridgehead atoms. The predicted octanol–water partition coefficient (Wildman–Crippen LogP) is 3.88. The Hall–Kier alpha value is -3.82. The highest BCUT2D eigenvalue weighted by Crippen LogP contribution is 2.25. The number of benzene rings is 2. The summed E-state index contributed by atoms with van der Waals surface area (Å²) in [5.74, 6) is -3.89. The maximum absolute atomic E-state index is 14.0. The molecule has 1 heterocycles. The van der Waals surface area contributed by atoms with Crippen molar-refractivity contribution >= 4 is 43.9 Å². The maximum Gasteiger partial charge on any atom is 0.341 e. The predicted molar refractivity (Wildman–Crippen MR) is 116 cm³/mol. The summed E-state index contributed by atoms with van der Waals surface area (Å²) >= 11 is 1.12.